The molecule has 0 spiro atoms. The maximum Gasteiger partial charge on any atom is 0.255 e. The predicted octanol–water partition coefficient (Wildman–Crippen LogP) is 3.13. The largest absolute Gasteiger partial charge is 0.489 e. The summed E-state index contributed by atoms with van der Waals surface area (Å²) in [5.74, 6) is 2.37. The summed E-state index contributed by atoms with van der Waals surface area (Å²) in [5.41, 5.74) is 2.93. The smallest absolute Gasteiger partial charge is 0.255 e. The number of H-pyrrole nitrogens is 1. The molecule has 0 atom stereocenters. The van der Waals surface area contributed by atoms with Crippen LogP contribution >= 0.6 is 0 Å². The van der Waals surface area contributed by atoms with Gasteiger partial charge in [-0.05, 0) is 31.2 Å². The highest BCUT2D eigenvalue weighted by Gasteiger charge is 2.24. The van der Waals surface area contributed by atoms with Gasteiger partial charge in [0.2, 0.25) is 5.95 Å². The van der Waals surface area contributed by atoms with Crippen LogP contribution in [0.3, 0.4) is 0 Å². The average Bonchev–Trinajstić information content (AvgIpc) is 2.73. The van der Waals surface area contributed by atoms with E-state index >= 15 is 0 Å². The first-order chi connectivity index (χ1) is 14.1. The number of anilines is 1. The van der Waals surface area contributed by atoms with Crippen molar-refractivity contribution in [3.05, 3.63) is 64.1 Å². The van der Waals surface area contributed by atoms with Crippen LogP contribution in [0.5, 0.6) is 5.75 Å². The lowest BCUT2D eigenvalue weighted by molar-refractivity contribution is 0.235. The highest BCUT2D eigenvalue weighted by Crippen LogP contribution is 2.25. The first-order valence-corrected chi connectivity index (χ1v) is 10.5. The van der Waals surface area contributed by atoms with E-state index < -0.39 is 0 Å². The molecule has 4 rings (SSSR count). The lowest BCUT2D eigenvalue weighted by atomic mass is 9.99. The van der Waals surface area contributed by atoms with E-state index in [2.05, 4.69) is 34.4 Å². The zero-order valence-electron chi connectivity index (χ0n) is 17.2. The lowest BCUT2D eigenvalue weighted by Gasteiger charge is -2.32. The number of aromatic amines is 1. The van der Waals surface area contributed by atoms with Gasteiger partial charge in [-0.1, -0.05) is 37.8 Å². The maximum absolute atomic E-state index is 12.7. The number of aromatic nitrogens is 2. The fourth-order valence-corrected chi connectivity index (χ4v) is 4.15. The molecular formula is C23H30N4O2. The Bertz CT molecular complexity index is 915. The summed E-state index contributed by atoms with van der Waals surface area (Å²) < 4.78 is 5.80. The molecule has 1 aromatic heterocycles. The van der Waals surface area contributed by atoms with Crippen LogP contribution in [0.2, 0.25) is 0 Å². The van der Waals surface area contributed by atoms with E-state index in [1.165, 1.54) is 0 Å². The van der Waals surface area contributed by atoms with Gasteiger partial charge >= 0.3 is 0 Å². The molecule has 0 radical (unpaired) electrons. The third-order valence-corrected chi connectivity index (χ3v) is 5.95. The van der Waals surface area contributed by atoms with Crippen LogP contribution in [0.25, 0.3) is 0 Å². The van der Waals surface area contributed by atoms with Crippen molar-refractivity contribution < 1.29 is 4.74 Å². The fraction of sp³-hybridized carbons (Fsp3) is 0.478. The molecule has 6 nitrogen and oxygen atoms in total. The summed E-state index contributed by atoms with van der Waals surface area (Å²) in [6.07, 6.45) is 4.78. The Morgan fingerprint density at radius 1 is 1.28 bits per heavy atom. The number of hydrogen-bond acceptors (Lipinski definition) is 5. The van der Waals surface area contributed by atoms with E-state index in [1.807, 2.05) is 18.2 Å². The molecule has 1 N–H and O–H groups in total. The fourth-order valence-electron chi connectivity index (χ4n) is 4.15. The van der Waals surface area contributed by atoms with E-state index in [9.17, 15) is 4.79 Å². The van der Waals surface area contributed by atoms with Crippen LogP contribution in [0.4, 0.5) is 5.95 Å². The first kappa shape index (κ1) is 19.7. The van der Waals surface area contributed by atoms with Crippen molar-refractivity contribution in [2.45, 2.75) is 39.3 Å². The molecule has 1 aromatic carbocycles. The lowest BCUT2D eigenvalue weighted by Crippen LogP contribution is -2.39. The molecule has 29 heavy (non-hydrogen) atoms. The minimum absolute atomic E-state index is 0.0259. The van der Waals surface area contributed by atoms with Gasteiger partial charge in [0.15, 0.2) is 0 Å². The van der Waals surface area contributed by atoms with Crippen molar-refractivity contribution in [3.8, 4) is 5.75 Å². The summed E-state index contributed by atoms with van der Waals surface area (Å²) >= 11 is 0. The molecule has 2 aliphatic heterocycles. The van der Waals surface area contributed by atoms with Gasteiger partial charge in [0, 0.05) is 43.9 Å². The topological polar surface area (TPSA) is 61.5 Å². The molecule has 0 amide bonds. The molecule has 6 heteroatoms. The van der Waals surface area contributed by atoms with Gasteiger partial charge in [0.25, 0.3) is 5.56 Å². The van der Waals surface area contributed by atoms with Crippen LogP contribution in [0.15, 0.2) is 41.7 Å². The number of ether oxygens (including phenoxy) is 1. The molecule has 0 unspecified atom stereocenters. The van der Waals surface area contributed by atoms with Gasteiger partial charge in [-0.2, -0.15) is 0 Å². The molecule has 0 aliphatic carbocycles. The number of fused-ring (bicyclic) bond motifs is 1. The van der Waals surface area contributed by atoms with Gasteiger partial charge in [-0.3, -0.25) is 14.7 Å². The Labute approximate surface area is 172 Å². The van der Waals surface area contributed by atoms with Crippen LogP contribution in [0.1, 0.15) is 36.6 Å². The van der Waals surface area contributed by atoms with Crippen LogP contribution in [-0.4, -0.2) is 41.1 Å². The Morgan fingerprint density at radius 3 is 2.86 bits per heavy atom. The van der Waals surface area contributed by atoms with Crippen molar-refractivity contribution in [1.82, 2.24) is 14.9 Å². The third kappa shape index (κ3) is 4.53. The highest BCUT2D eigenvalue weighted by atomic mass is 16.5. The Morgan fingerprint density at radius 2 is 2.07 bits per heavy atom. The molecule has 154 valence electrons. The minimum atomic E-state index is 0.0259. The van der Waals surface area contributed by atoms with Gasteiger partial charge in [-0.25, -0.2) is 4.98 Å². The minimum Gasteiger partial charge on any atom is -0.489 e. The van der Waals surface area contributed by atoms with Crippen LogP contribution < -0.4 is 15.2 Å². The monoisotopic (exact) mass is 394 g/mol. The number of piperidine rings is 1. The Hall–Kier alpha value is -2.60. The Kier molecular flexibility index (Phi) is 6.00. The number of para-hydroxylation sites is 1. The quantitative estimate of drug-likeness (QED) is 0.763. The molecular weight excluding hydrogens is 364 g/mol. The number of nitrogens with zero attached hydrogens (tertiary/aromatic N) is 3. The molecule has 0 saturated carbocycles. The van der Waals surface area contributed by atoms with Crippen molar-refractivity contribution in [2.75, 3.05) is 31.1 Å². The van der Waals surface area contributed by atoms with Gasteiger partial charge in [0.1, 0.15) is 12.4 Å². The van der Waals surface area contributed by atoms with Gasteiger partial charge in [-0.15, -0.1) is 0 Å². The standard InChI is InChI=1S/C23H30N4O2/c1-3-14-29-21-7-5-4-6-18(21)15-26-11-10-19-20(16-26)24-23(25-22(19)28)27-12-8-17(2)9-13-27/h3-7,17H,1,8-16H2,2H3,(H,24,25,28). The first-order valence-electron chi connectivity index (χ1n) is 10.5. The van der Waals surface area contributed by atoms with Crippen molar-refractivity contribution in [3.63, 3.8) is 0 Å². The maximum atomic E-state index is 12.7. The second-order valence-corrected chi connectivity index (χ2v) is 8.15. The number of nitrogens with one attached hydrogen (secondary N) is 1. The Balaban J connectivity index is 1.51. The summed E-state index contributed by atoms with van der Waals surface area (Å²) in [6, 6.07) is 8.11. The molecule has 0 bridgehead atoms. The van der Waals surface area contributed by atoms with E-state index in [4.69, 9.17) is 9.72 Å². The summed E-state index contributed by atoms with van der Waals surface area (Å²) in [7, 11) is 0. The number of rotatable bonds is 6. The second kappa shape index (κ2) is 8.82. The zero-order chi connectivity index (χ0) is 20.2. The van der Waals surface area contributed by atoms with Gasteiger partial charge < -0.3 is 9.64 Å². The predicted molar refractivity (Wildman–Crippen MR) is 115 cm³/mol. The van der Waals surface area contributed by atoms with Gasteiger partial charge in [0.05, 0.1) is 5.69 Å². The molecule has 2 aliphatic rings. The van der Waals surface area contributed by atoms with E-state index in [0.29, 0.717) is 13.2 Å². The third-order valence-electron chi connectivity index (χ3n) is 5.95. The molecule has 1 fully saturated rings. The molecule has 3 heterocycles. The van der Waals surface area contributed by atoms with Crippen molar-refractivity contribution in [2.24, 2.45) is 5.92 Å². The summed E-state index contributed by atoms with van der Waals surface area (Å²) in [5, 5.41) is 0. The van der Waals surface area contributed by atoms with Crippen molar-refractivity contribution >= 4 is 5.95 Å². The zero-order valence-corrected chi connectivity index (χ0v) is 17.2. The number of hydrogen-bond donors (Lipinski definition) is 1. The average molecular weight is 395 g/mol. The summed E-state index contributed by atoms with van der Waals surface area (Å²) in [6.45, 7) is 10.7. The molecule has 1 saturated heterocycles. The normalized spacial score (nSPS) is 17.8. The molecule has 2 aromatic rings. The van der Waals surface area contributed by atoms with Crippen LogP contribution in [0, 0.1) is 5.92 Å². The van der Waals surface area contributed by atoms with E-state index in [-0.39, 0.29) is 5.56 Å². The second-order valence-electron chi connectivity index (χ2n) is 8.15. The van der Waals surface area contributed by atoms with E-state index in [1.54, 1.807) is 6.08 Å². The highest BCUT2D eigenvalue weighted by molar-refractivity contribution is 5.36. The number of benzene rings is 1. The summed E-state index contributed by atoms with van der Waals surface area (Å²) in [4.78, 5) is 25.1. The van der Waals surface area contributed by atoms with E-state index in [0.717, 1.165) is 79.9 Å². The SMILES string of the molecule is C=CCOc1ccccc1CN1CCc2c(nc(N3CCC(C)CC3)[nH]c2=O)C1. The van der Waals surface area contributed by atoms with Crippen molar-refractivity contribution in [1.29, 1.82) is 0 Å². The van der Waals surface area contributed by atoms with Crippen LogP contribution in [-0.2, 0) is 19.5 Å².